The highest BCUT2D eigenvalue weighted by atomic mass is 35.5. The smallest absolute Gasteiger partial charge is 0.325 e. The summed E-state index contributed by atoms with van der Waals surface area (Å²) < 4.78 is 0. The van der Waals surface area contributed by atoms with Gasteiger partial charge in [-0.05, 0) is 56.2 Å². The van der Waals surface area contributed by atoms with Gasteiger partial charge in [0.25, 0.3) is 5.91 Å². The van der Waals surface area contributed by atoms with Crippen LogP contribution < -0.4 is 10.6 Å². The van der Waals surface area contributed by atoms with Crippen LogP contribution in [0.25, 0.3) is 0 Å². The van der Waals surface area contributed by atoms with Crippen LogP contribution in [0.15, 0.2) is 24.3 Å². The van der Waals surface area contributed by atoms with E-state index in [9.17, 15) is 14.4 Å². The molecule has 4 amide bonds. The number of hydrogen-bond donors (Lipinski definition) is 2. The topological polar surface area (TPSA) is 78.5 Å². The maximum atomic E-state index is 12.8. The van der Waals surface area contributed by atoms with Crippen LogP contribution in [0.4, 0.5) is 4.79 Å². The van der Waals surface area contributed by atoms with E-state index in [4.69, 9.17) is 11.6 Å². The third-order valence-electron chi connectivity index (χ3n) is 5.40. The van der Waals surface area contributed by atoms with E-state index in [1.165, 1.54) is 0 Å². The summed E-state index contributed by atoms with van der Waals surface area (Å²) in [6.45, 7) is 3.71. The van der Waals surface area contributed by atoms with E-state index >= 15 is 0 Å². The van der Waals surface area contributed by atoms with E-state index in [1.807, 2.05) is 19.1 Å². The maximum Gasteiger partial charge on any atom is 0.325 e. The first-order valence-electron chi connectivity index (χ1n) is 9.00. The Balaban J connectivity index is 1.62. The van der Waals surface area contributed by atoms with Crippen LogP contribution in [0.5, 0.6) is 0 Å². The Morgan fingerprint density at radius 2 is 2.08 bits per heavy atom. The lowest BCUT2D eigenvalue weighted by atomic mass is 9.77. The lowest BCUT2D eigenvalue weighted by Crippen LogP contribution is -2.50. The van der Waals surface area contributed by atoms with Crippen molar-refractivity contribution >= 4 is 29.4 Å². The fourth-order valence-corrected chi connectivity index (χ4v) is 3.90. The number of carbonyl (C=O) groups is 3. The summed E-state index contributed by atoms with van der Waals surface area (Å²) in [4.78, 5) is 38.5. The number of urea groups is 1. The van der Waals surface area contributed by atoms with Crippen molar-refractivity contribution in [2.45, 2.75) is 51.1 Å². The molecular formula is C19H24ClN3O3. The molecule has 1 aliphatic heterocycles. The molecule has 1 spiro atoms. The Morgan fingerprint density at radius 1 is 1.38 bits per heavy atom. The van der Waals surface area contributed by atoms with Crippen molar-refractivity contribution < 1.29 is 14.4 Å². The number of rotatable bonds is 4. The molecule has 140 valence electrons. The van der Waals surface area contributed by atoms with Crippen molar-refractivity contribution in [3.8, 4) is 0 Å². The first kappa shape index (κ1) is 18.7. The highest BCUT2D eigenvalue weighted by molar-refractivity contribution is 6.30. The number of hydrogen-bond acceptors (Lipinski definition) is 3. The summed E-state index contributed by atoms with van der Waals surface area (Å²) >= 11 is 5.98. The second-order valence-electron chi connectivity index (χ2n) is 7.43. The molecule has 1 heterocycles. The zero-order valence-electron chi connectivity index (χ0n) is 15.0. The maximum absolute atomic E-state index is 12.8. The Kier molecular flexibility index (Phi) is 5.23. The zero-order valence-corrected chi connectivity index (χ0v) is 15.8. The van der Waals surface area contributed by atoms with Crippen molar-refractivity contribution in [3.63, 3.8) is 0 Å². The molecular weight excluding hydrogens is 354 g/mol. The van der Waals surface area contributed by atoms with E-state index in [0.29, 0.717) is 23.8 Å². The predicted octanol–water partition coefficient (Wildman–Crippen LogP) is 3.02. The third kappa shape index (κ3) is 3.70. The van der Waals surface area contributed by atoms with Crippen LogP contribution >= 0.6 is 11.6 Å². The van der Waals surface area contributed by atoms with E-state index in [1.54, 1.807) is 12.1 Å². The largest absolute Gasteiger partial charge is 0.348 e. The molecule has 26 heavy (non-hydrogen) atoms. The predicted molar refractivity (Wildman–Crippen MR) is 98.6 cm³/mol. The van der Waals surface area contributed by atoms with Crippen LogP contribution in [0.1, 0.15) is 51.1 Å². The van der Waals surface area contributed by atoms with Crippen LogP contribution in [0.3, 0.4) is 0 Å². The number of benzene rings is 1. The third-order valence-corrected chi connectivity index (χ3v) is 5.64. The van der Waals surface area contributed by atoms with Gasteiger partial charge >= 0.3 is 6.03 Å². The van der Waals surface area contributed by atoms with Crippen LogP contribution in [-0.4, -0.2) is 34.8 Å². The molecule has 0 unspecified atom stereocenters. The van der Waals surface area contributed by atoms with Crippen molar-refractivity contribution in [3.05, 3.63) is 34.9 Å². The first-order chi connectivity index (χ1) is 12.3. The lowest BCUT2D eigenvalue weighted by Gasteiger charge is -2.33. The fourth-order valence-electron chi connectivity index (χ4n) is 3.70. The molecule has 1 aliphatic carbocycles. The second kappa shape index (κ2) is 7.27. The molecule has 0 aromatic heterocycles. The summed E-state index contributed by atoms with van der Waals surface area (Å²) in [5.41, 5.74) is 0.0448. The van der Waals surface area contributed by atoms with E-state index < -0.39 is 11.6 Å². The van der Waals surface area contributed by atoms with Crippen LogP contribution in [0, 0.1) is 5.92 Å². The van der Waals surface area contributed by atoms with E-state index in [-0.39, 0.29) is 24.4 Å². The summed E-state index contributed by atoms with van der Waals surface area (Å²) in [6.07, 6.45) is 3.07. The minimum absolute atomic E-state index is 0.271. The van der Waals surface area contributed by atoms with Gasteiger partial charge in [-0.3, -0.25) is 14.5 Å². The molecule has 6 nitrogen and oxygen atoms in total. The van der Waals surface area contributed by atoms with Gasteiger partial charge in [-0.15, -0.1) is 0 Å². The fraction of sp³-hybridized carbons (Fsp3) is 0.526. The number of nitrogens with zero attached hydrogens (tertiary/aromatic N) is 1. The Bertz CT molecular complexity index is 728. The van der Waals surface area contributed by atoms with Gasteiger partial charge in [0.05, 0.1) is 6.04 Å². The number of nitrogens with one attached hydrogen (secondary N) is 2. The molecule has 1 saturated carbocycles. The summed E-state index contributed by atoms with van der Waals surface area (Å²) in [5, 5.41) is 6.23. The SMILES string of the molecule is CC1CCC2(CC1)NC(=O)N(CC(=O)N[C@@H](C)c1cccc(Cl)c1)C2=O. The molecule has 2 aliphatic rings. The van der Waals surface area contributed by atoms with Gasteiger partial charge < -0.3 is 10.6 Å². The van der Waals surface area contributed by atoms with Crippen molar-refractivity contribution in [1.29, 1.82) is 0 Å². The van der Waals surface area contributed by atoms with Gasteiger partial charge in [0.15, 0.2) is 0 Å². The molecule has 0 radical (unpaired) electrons. The van der Waals surface area contributed by atoms with Crippen molar-refractivity contribution in [1.82, 2.24) is 15.5 Å². The molecule has 1 aromatic carbocycles. The molecule has 2 fully saturated rings. The van der Waals surface area contributed by atoms with Gasteiger partial charge in [0.1, 0.15) is 12.1 Å². The standard InChI is InChI=1S/C19H24ClN3O3/c1-12-6-8-19(9-7-12)17(25)23(18(26)22-19)11-16(24)21-13(2)14-4-3-5-15(20)10-14/h3-5,10,12-13H,6-9,11H2,1-2H3,(H,21,24)(H,22,26)/t12?,13-,19?/m0/s1. The average Bonchev–Trinajstić information content (AvgIpc) is 2.82. The van der Waals surface area contributed by atoms with Gasteiger partial charge in [0, 0.05) is 5.02 Å². The normalized spacial score (nSPS) is 26.7. The Morgan fingerprint density at radius 3 is 2.73 bits per heavy atom. The van der Waals surface area contributed by atoms with E-state index in [2.05, 4.69) is 17.6 Å². The first-order valence-corrected chi connectivity index (χ1v) is 9.37. The van der Waals surface area contributed by atoms with Gasteiger partial charge in [0.2, 0.25) is 5.91 Å². The van der Waals surface area contributed by atoms with Gasteiger partial charge in [-0.25, -0.2) is 4.79 Å². The monoisotopic (exact) mass is 377 g/mol. The van der Waals surface area contributed by atoms with E-state index in [0.717, 1.165) is 23.3 Å². The lowest BCUT2D eigenvalue weighted by molar-refractivity contribution is -0.136. The molecule has 1 saturated heterocycles. The Hall–Kier alpha value is -2.08. The average molecular weight is 378 g/mol. The van der Waals surface area contributed by atoms with Crippen molar-refractivity contribution in [2.75, 3.05) is 6.54 Å². The number of carbonyl (C=O) groups excluding carboxylic acids is 3. The van der Waals surface area contributed by atoms with Crippen LogP contribution in [-0.2, 0) is 9.59 Å². The molecule has 1 aromatic rings. The quantitative estimate of drug-likeness (QED) is 0.791. The molecule has 1 atom stereocenters. The second-order valence-corrected chi connectivity index (χ2v) is 7.87. The summed E-state index contributed by atoms with van der Waals surface area (Å²) in [6, 6.07) is 6.46. The molecule has 3 rings (SSSR count). The summed E-state index contributed by atoms with van der Waals surface area (Å²) in [5.74, 6) is -0.0941. The zero-order chi connectivity index (χ0) is 18.9. The van der Waals surface area contributed by atoms with Crippen molar-refractivity contribution in [2.24, 2.45) is 5.92 Å². The number of imide groups is 1. The molecule has 0 bridgehead atoms. The highest BCUT2D eigenvalue weighted by Gasteiger charge is 2.52. The number of amides is 4. The van der Waals surface area contributed by atoms with Gasteiger partial charge in [-0.1, -0.05) is 30.7 Å². The summed E-state index contributed by atoms with van der Waals surface area (Å²) in [7, 11) is 0. The minimum atomic E-state index is -0.817. The molecule has 2 N–H and O–H groups in total. The minimum Gasteiger partial charge on any atom is -0.348 e. The van der Waals surface area contributed by atoms with Gasteiger partial charge in [-0.2, -0.15) is 0 Å². The molecule has 7 heteroatoms. The Labute approximate surface area is 158 Å². The van der Waals surface area contributed by atoms with Crippen LogP contribution in [0.2, 0.25) is 5.02 Å². The highest BCUT2D eigenvalue weighted by Crippen LogP contribution is 2.36. The number of halogens is 1.